The van der Waals surface area contributed by atoms with Crippen LogP contribution in [0.4, 0.5) is 0 Å². The predicted octanol–water partition coefficient (Wildman–Crippen LogP) is 2.52. The van der Waals surface area contributed by atoms with E-state index in [-0.39, 0.29) is 23.8 Å². The van der Waals surface area contributed by atoms with Gasteiger partial charge in [-0.15, -0.1) is 0 Å². The minimum absolute atomic E-state index is 0.0567. The summed E-state index contributed by atoms with van der Waals surface area (Å²) in [4.78, 5) is 26.0. The molecule has 1 heterocycles. The smallest absolute Gasteiger partial charge is 0.246 e. The van der Waals surface area contributed by atoms with Crippen LogP contribution in [0.3, 0.4) is 0 Å². The Hall–Kier alpha value is -1.55. The second-order valence-corrected chi connectivity index (χ2v) is 7.06. The summed E-state index contributed by atoms with van der Waals surface area (Å²) in [6.45, 7) is 8.23. The highest BCUT2D eigenvalue weighted by molar-refractivity contribution is 6.31. The van der Waals surface area contributed by atoms with E-state index in [9.17, 15) is 9.59 Å². The average Bonchev–Trinajstić information content (AvgIpc) is 2.35. The molecule has 0 aliphatic carbocycles. The summed E-state index contributed by atoms with van der Waals surface area (Å²) in [5, 5.41) is 3.41. The van der Waals surface area contributed by atoms with Gasteiger partial charge in [0.05, 0.1) is 6.54 Å². The van der Waals surface area contributed by atoms with Crippen LogP contribution in [0.5, 0.6) is 0 Å². The van der Waals surface area contributed by atoms with E-state index in [1.807, 2.05) is 45.9 Å². The van der Waals surface area contributed by atoms with E-state index in [1.54, 1.807) is 4.90 Å². The van der Waals surface area contributed by atoms with Gasteiger partial charge in [-0.1, -0.05) is 44.5 Å². The molecular formula is C16H21ClN2O2. The van der Waals surface area contributed by atoms with Crippen LogP contribution in [-0.2, 0) is 16.1 Å². The van der Waals surface area contributed by atoms with Gasteiger partial charge >= 0.3 is 0 Å². The second kappa shape index (κ2) is 5.68. The molecule has 2 amide bonds. The summed E-state index contributed by atoms with van der Waals surface area (Å²) in [6.07, 6.45) is 0. The van der Waals surface area contributed by atoms with Gasteiger partial charge in [-0.05, 0) is 29.5 Å². The van der Waals surface area contributed by atoms with Gasteiger partial charge in [0.25, 0.3) is 0 Å². The number of carbonyl (C=O) groups excluding carboxylic acids is 2. The summed E-state index contributed by atoms with van der Waals surface area (Å²) in [5.41, 5.74) is 1.61. The van der Waals surface area contributed by atoms with Gasteiger partial charge in [-0.2, -0.15) is 0 Å². The number of rotatable bonds is 2. The summed E-state index contributed by atoms with van der Waals surface area (Å²) in [6, 6.07) is 5.23. The summed E-state index contributed by atoms with van der Waals surface area (Å²) >= 11 is 6.22. The van der Waals surface area contributed by atoms with Crippen LogP contribution in [0.1, 0.15) is 31.9 Å². The molecule has 1 aliphatic heterocycles. The predicted molar refractivity (Wildman–Crippen MR) is 83.0 cm³/mol. The first-order chi connectivity index (χ1) is 9.68. The molecule has 5 heteroatoms. The molecule has 1 aliphatic rings. The lowest BCUT2D eigenvalue weighted by molar-refractivity contribution is -0.147. The Morgan fingerprint density at radius 2 is 2.00 bits per heavy atom. The molecule has 1 atom stereocenters. The van der Waals surface area contributed by atoms with E-state index in [2.05, 4.69) is 5.32 Å². The number of amides is 2. The third-order valence-electron chi connectivity index (χ3n) is 3.63. The minimum atomic E-state index is -0.497. The fraction of sp³-hybridized carbons (Fsp3) is 0.500. The Morgan fingerprint density at radius 1 is 1.33 bits per heavy atom. The fourth-order valence-electron chi connectivity index (χ4n) is 2.41. The van der Waals surface area contributed by atoms with Gasteiger partial charge in [-0.25, -0.2) is 0 Å². The highest BCUT2D eigenvalue weighted by atomic mass is 35.5. The van der Waals surface area contributed by atoms with Crippen molar-refractivity contribution < 1.29 is 9.59 Å². The molecule has 114 valence electrons. The van der Waals surface area contributed by atoms with Crippen molar-refractivity contribution in [3.05, 3.63) is 34.3 Å². The third-order valence-corrected chi connectivity index (χ3v) is 3.99. The van der Waals surface area contributed by atoms with Crippen LogP contribution in [-0.4, -0.2) is 29.3 Å². The maximum absolute atomic E-state index is 12.6. The van der Waals surface area contributed by atoms with E-state index in [4.69, 9.17) is 11.6 Å². The van der Waals surface area contributed by atoms with Crippen LogP contribution < -0.4 is 5.32 Å². The number of hydrogen-bond donors (Lipinski definition) is 1. The molecule has 0 saturated carbocycles. The molecule has 1 fully saturated rings. The van der Waals surface area contributed by atoms with Crippen molar-refractivity contribution >= 4 is 23.4 Å². The van der Waals surface area contributed by atoms with E-state index in [0.29, 0.717) is 11.6 Å². The topological polar surface area (TPSA) is 49.4 Å². The first-order valence-electron chi connectivity index (χ1n) is 7.01. The Kier molecular flexibility index (Phi) is 4.28. The molecule has 1 unspecified atom stereocenters. The zero-order valence-corrected chi connectivity index (χ0v) is 13.6. The van der Waals surface area contributed by atoms with Gasteiger partial charge in [0.1, 0.15) is 6.04 Å². The summed E-state index contributed by atoms with van der Waals surface area (Å²) in [7, 11) is 0. The molecule has 1 saturated heterocycles. The van der Waals surface area contributed by atoms with Crippen molar-refractivity contribution in [1.82, 2.24) is 10.2 Å². The molecule has 0 spiro atoms. The molecule has 0 radical (unpaired) electrons. The van der Waals surface area contributed by atoms with Gasteiger partial charge in [0, 0.05) is 11.6 Å². The number of aryl methyl sites for hydroxylation is 1. The Bertz CT molecular complexity index is 578. The number of piperazine rings is 1. The van der Waals surface area contributed by atoms with Crippen molar-refractivity contribution in [2.45, 2.75) is 40.3 Å². The monoisotopic (exact) mass is 308 g/mol. The molecule has 1 N–H and O–H groups in total. The lowest BCUT2D eigenvalue weighted by atomic mass is 9.84. The van der Waals surface area contributed by atoms with Crippen LogP contribution in [0.25, 0.3) is 0 Å². The number of halogens is 1. The Morgan fingerprint density at radius 3 is 2.57 bits per heavy atom. The largest absolute Gasteiger partial charge is 0.342 e. The maximum Gasteiger partial charge on any atom is 0.246 e. The van der Waals surface area contributed by atoms with Gasteiger partial charge in [-0.3, -0.25) is 9.59 Å². The van der Waals surface area contributed by atoms with E-state index < -0.39 is 6.04 Å². The minimum Gasteiger partial charge on any atom is -0.342 e. The van der Waals surface area contributed by atoms with Crippen LogP contribution in [0, 0.1) is 12.3 Å². The second-order valence-electron chi connectivity index (χ2n) is 6.66. The molecule has 0 aromatic heterocycles. The SMILES string of the molecule is Cc1ccc(CN2CC(=O)NC(C(C)(C)C)C2=O)c(Cl)c1. The summed E-state index contributed by atoms with van der Waals surface area (Å²) in [5.74, 6) is -0.184. The molecular weight excluding hydrogens is 288 g/mol. The van der Waals surface area contributed by atoms with Crippen molar-refractivity contribution in [3.8, 4) is 0 Å². The molecule has 4 nitrogen and oxygen atoms in total. The number of nitrogens with zero attached hydrogens (tertiary/aromatic N) is 1. The van der Waals surface area contributed by atoms with Crippen molar-refractivity contribution in [3.63, 3.8) is 0 Å². The quantitative estimate of drug-likeness (QED) is 0.912. The van der Waals surface area contributed by atoms with Crippen LogP contribution in [0.2, 0.25) is 5.02 Å². The van der Waals surface area contributed by atoms with E-state index >= 15 is 0 Å². The van der Waals surface area contributed by atoms with Crippen molar-refractivity contribution in [1.29, 1.82) is 0 Å². The lowest BCUT2D eigenvalue weighted by Crippen LogP contribution is -2.61. The van der Waals surface area contributed by atoms with Crippen molar-refractivity contribution in [2.75, 3.05) is 6.54 Å². The number of carbonyl (C=O) groups is 2. The Labute approximate surface area is 130 Å². The zero-order chi connectivity index (χ0) is 15.8. The fourth-order valence-corrected chi connectivity index (χ4v) is 2.70. The molecule has 2 rings (SSSR count). The van der Waals surface area contributed by atoms with Gasteiger partial charge in [0.2, 0.25) is 11.8 Å². The van der Waals surface area contributed by atoms with Crippen LogP contribution in [0.15, 0.2) is 18.2 Å². The first kappa shape index (κ1) is 15.8. The highest BCUT2D eigenvalue weighted by Crippen LogP contribution is 2.25. The number of hydrogen-bond acceptors (Lipinski definition) is 2. The Balaban J connectivity index is 2.22. The normalized spacial score (nSPS) is 19.7. The van der Waals surface area contributed by atoms with Gasteiger partial charge in [0.15, 0.2) is 0 Å². The zero-order valence-electron chi connectivity index (χ0n) is 12.9. The van der Waals surface area contributed by atoms with E-state index in [1.165, 1.54) is 0 Å². The first-order valence-corrected chi connectivity index (χ1v) is 7.39. The lowest BCUT2D eigenvalue weighted by Gasteiger charge is -2.39. The highest BCUT2D eigenvalue weighted by Gasteiger charge is 2.39. The number of benzene rings is 1. The summed E-state index contributed by atoms with van der Waals surface area (Å²) < 4.78 is 0. The molecule has 1 aromatic carbocycles. The average molecular weight is 309 g/mol. The van der Waals surface area contributed by atoms with E-state index in [0.717, 1.165) is 11.1 Å². The van der Waals surface area contributed by atoms with Crippen molar-refractivity contribution in [2.24, 2.45) is 5.41 Å². The van der Waals surface area contributed by atoms with Gasteiger partial charge < -0.3 is 10.2 Å². The number of nitrogens with one attached hydrogen (secondary N) is 1. The standard InChI is InChI=1S/C16H21ClN2O2/c1-10-5-6-11(12(17)7-10)8-19-9-13(20)18-14(15(19)21)16(2,3)4/h5-7,14H,8-9H2,1-4H3,(H,18,20). The van der Waals surface area contributed by atoms with Crippen LogP contribution >= 0.6 is 11.6 Å². The molecule has 21 heavy (non-hydrogen) atoms. The molecule has 0 bridgehead atoms. The maximum atomic E-state index is 12.6. The molecule has 1 aromatic rings. The third kappa shape index (κ3) is 3.56.